The molecule has 0 aliphatic rings. The quantitative estimate of drug-likeness (QED) is 0.747. The average molecular weight is 344 g/mol. The maximum Gasteiger partial charge on any atom is 0.243 e. The highest BCUT2D eigenvalue weighted by Crippen LogP contribution is 2.23. The molecule has 0 amide bonds. The van der Waals surface area contributed by atoms with Gasteiger partial charge in [-0.1, -0.05) is 19.1 Å². The van der Waals surface area contributed by atoms with Crippen LogP contribution in [0.2, 0.25) is 0 Å². The van der Waals surface area contributed by atoms with Crippen LogP contribution in [0.3, 0.4) is 0 Å². The fourth-order valence-electron chi connectivity index (χ4n) is 2.12. The summed E-state index contributed by atoms with van der Waals surface area (Å²) in [7, 11) is -1.89. The molecule has 0 fully saturated rings. The summed E-state index contributed by atoms with van der Waals surface area (Å²) >= 11 is 7.47. The van der Waals surface area contributed by atoms with Crippen molar-refractivity contribution in [2.24, 2.45) is 0 Å². The summed E-state index contributed by atoms with van der Waals surface area (Å²) in [4.78, 5) is 1.32. The minimum absolute atomic E-state index is 0.300. The second kappa shape index (κ2) is 6.92. The van der Waals surface area contributed by atoms with Crippen LogP contribution in [0.4, 0.5) is 0 Å². The van der Waals surface area contributed by atoms with Crippen molar-refractivity contribution in [3.8, 4) is 0 Å². The third-order valence-electron chi connectivity index (χ3n) is 3.37. The molecule has 0 unspecified atom stereocenters. The Morgan fingerprint density at radius 2 is 2.00 bits per heavy atom. The van der Waals surface area contributed by atoms with E-state index in [-0.39, 0.29) is 0 Å². The number of halogens is 1. The Balaban J connectivity index is 2.30. The number of benzene rings is 1. The second-order valence-electron chi connectivity index (χ2n) is 4.76. The largest absolute Gasteiger partial charge is 0.243 e. The van der Waals surface area contributed by atoms with E-state index in [2.05, 4.69) is 0 Å². The molecule has 3 nitrogen and oxygen atoms in total. The van der Waals surface area contributed by atoms with Gasteiger partial charge in [0.2, 0.25) is 10.0 Å². The molecular weight excluding hydrogens is 326 g/mol. The van der Waals surface area contributed by atoms with Gasteiger partial charge in [0.1, 0.15) is 0 Å². The minimum atomic E-state index is -3.49. The molecule has 0 saturated heterocycles. The molecule has 21 heavy (non-hydrogen) atoms. The predicted octanol–water partition coefficient (Wildman–Crippen LogP) is 3.87. The fourth-order valence-corrected chi connectivity index (χ4v) is 4.41. The number of hydrogen-bond acceptors (Lipinski definition) is 3. The Kier molecular flexibility index (Phi) is 5.43. The fraction of sp³-hybridized carbons (Fsp3) is 0.333. The Morgan fingerprint density at radius 1 is 1.24 bits per heavy atom. The molecule has 114 valence electrons. The highest BCUT2D eigenvalue weighted by molar-refractivity contribution is 7.89. The maximum absolute atomic E-state index is 12.6. The van der Waals surface area contributed by atoms with Crippen molar-refractivity contribution < 1.29 is 8.42 Å². The van der Waals surface area contributed by atoms with Crippen LogP contribution in [-0.4, -0.2) is 19.8 Å². The number of alkyl halides is 1. The van der Waals surface area contributed by atoms with E-state index in [9.17, 15) is 8.42 Å². The first-order valence-electron chi connectivity index (χ1n) is 6.65. The van der Waals surface area contributed by atoms with Gasteiger partial charge in [0, 0.05) is 24.3 Å². The first-order chi connectivity index (χ1) is 9.98. The molecule has 0 N–H and O–H groups in total. The van der Waals surface area contributed by atoms with Crippen LogP contribution >= 0.6 is 22.9 Å². The van der Waals surface area contributed by atoms with E-state index in [0.717, 1.165) is 22.4 Å². The van der Waals surface area contributed by atoms with Crippen molar-refractivity contribution in [2.45, 2.75) is 30.7 Å². The third kappa shape index (κ3) is 3.66. The molecule has 0 saturated carbocycles. The lowest BCUT2D eigenvalue weighted by molar-refractivity contribution is 0.469. The highest BCUT2D eigenvalue weighted by atomic mass is 35.5. The summed E-state index contributed by atoms with van der Waals surface area (Å²) in [6.07, 6.45) is 0.841. The van der Waals surface area contributed by atoms with Crippen LogP contribution in [0.15, 0.2) is 40.6 Å². The zero-order valence-electron chi connectivity index (χ0n) is 12.0. The number of rotatable bonds is 6. The van der Waals surface area contributed by atoms with E-state index in [1.807, 2.05) is 30.5 Å². The monoisotopic (exact) mass is 343 g/mol. The minimum Gasteiger partial charge on any atom is -0.207 e. The molecule has 0 radical (unpaired) electrons. The van der Waals surface area contributed by atoms with Gasteiger partial charge in [0.05, 0.1) is 4.90 Å². The average Bonchev–Trinajstić information content (AvgIpc) is 2.99. The van der Waals surface area contributed by atoms with Crippen LogP contribution in [0.5, 0.6) is 0 Å². The van der Waals surface area contributed by atoms with Crippen LogP contribution in [0.25, 0.3) is 0 Å². The molecule has 0 atom stereocenters. The molecule has 0 spiro atoms. The van der Waals surface area contributed by atoms with Crippen molar-refractivity contribution in [1.82, 2.24) is 4.31 Å². The number of aryl methyl sites for hydroxylation is 1. The van der Waals surface area contributed by atoms with Gasteiger partial charge >= 0.3 is 0 Å². The van der Waals surface area contributed by atoms with Gasteiger partial charge in [-0.2, -0.15) is 4.31 Å². The third-order valence-corrected chi connectivity index (χ3v) is 6.32. The first-order valence-corrected chi connectivity index (χ1v) is 9.51. The lowest BCUT2D eigenvalue weighted by Crippen LogP contribution is -2.26. The number of sulfonamides is 1. The SMILES string of the molecule is CCc1ccc(S(=O)(=O)N(C)Cc2cccs2)cc1CCl. The van der Waals surface area contributed by atoms with E-state index in [4.69, 9.17) is 11.6 Å². The van der Waals surface area contributed by atoms with Crippen LogP contribution in [0, 0.1) is 0 Å². The van der Waals surface area contributed by atoms with E-state index in [1.165, 1.54) is 4.31 Å². The zero-order chi connectivity index (χ0) is 15.5. The Bertz CT molecular complexity index is 696. The molecule has 0 bridgehead atoms. The molecule has 2 rings (SSSR count). The smallest absolute Gasteiger partial charge is 0.207 e. The number of hydrogen-bond donors (Lipinski definition) is 0. The summed E-state index contributed by atoms with van der Waals surface area (Å²) in [6, 6.07) is 9.05. The second-order valence-corrected chi connectivity index (χ2v) is 8.10. The summed E-state index contributed by atoms with van der Waals surface area (Å²) < 4.78 is 26.6. The number of thiophene rings is 1. The van der Waals surface area contributed by atoms with E-state index >= 15 is 0 Å². The van der Waals surface area contributed by atoms with Crippen LogP contribution in [0.1, 0.15) is 22.9 Å². The van der Waals surface area contributed by atoms with E-state index in [0.29, 0.717) is 17.3 Å². The lowest BCUT2D eigenvalue weighted by Gasteiger charge is -2.17. The van der Waals surface area contributed by atoms with Crippen molar-refractivity contribution >= 4 is 33.0 Å². The van der Waals surface area contributed by atoms with E-state index < -0.39 is 10.0 Å². The zero-order valence-corrected chi connectivity index (χ0v) is 14.4. The first kappa shape index (κ1) is 16.5. The molecule has 0 aliphatic carbocycles. The summed E-state index contributed by atoms with van der Waals surface area (Å²) in [6.45, 7) is 2.41. The normalized spacial score (nSPS) is 12.0. The van der Waals surface area contributed by atoms with Gasteiger partial charge in [-0.05, 0) is 41.1 Å². The molecular formula is C15H18ClNO2S2. The predicted molar refractivity (Wildman–Crippen MR) is 88.3 cm³/mol. The van der Waals surface area contributed by atoms with Gasteiger partial charge in [-0.3, -0.25) is 0 Å². The molecule has 1 aromatic heterocycles. The van der Waals surface area contributed by atoms with Gasteiger partial charge in [-0.25, -0.2) is 8.42 Å². The maximum atomic E-state index is 12.6. The van der Waals surface area contributed by atoms with E-state index in [1.54, 1.807) is 30.5 Å². The topological polar surface area (TPSA) is 37.4 Å². The summed E-state index contributed by atoms with van der Waals surface area (Å²) in [5.74, 6) is 0.321. The van der Waals surface area contributed by atoms with Gasteiger partial charge in [0.25, 0.3) is 0 Å². The molecule has 1 heterocycles. The molecule has 6 heteroatoms. The Morgan fingerprint density at radius 3 is 2.57 bits per heavy atom. The summed E-state index contributed by atoms with van der Waals surface area (Å²) in [5, 5.41) is 1.94. The molecule has 2 aromatic rings. The van der Waals surface area contributed by atoms with Gasteiger partial charge in [0.15, 0.2) is 0 Å². The standard InChI is InChI=1S/C15H18ClNO2S2/c1-3-12-6-7-15(9-13(12)10-16)21(18,19)17(2)11-14-5-4-8-20-14/h4-9H,3,10-11H2,1-2H3. The van der Waals surface area contributed by atoms with Crippen molar-refractivity contribution in [3.05, 3.63) is 51.7 Å². The lowest BCUT2D eigenvalue weighted by atomic mass is 10.1. The highest BCUT2D eigenvalue weighted by Gasteiger charge is 2.22. The number of nitrogens with zero attached hydrogens (tertiary/aromatic N) is 1. The Labute approximate surface area is 135 Å². The van der Waals surface area contributed by atoms with Gasteiger partial charge in [-0.15, -0.1) is 22.9 Å². The van der Waals surface area contributed by atoms with Crippen LogP contribution < -0.4 is 0 Å². The van der Waals surface area contributed by atoms with Crippen molar-refractivity contribution in [2.75, 3.05) is 7.05 Å². The van der Waals surface area contributed by atoms with Gasteiger partial charge < -0.3 is 0 Å². The van der Waals surface area contributed by atoms with Crippen molar-refractivity contribution in [3.63, 3.8) is 0 Å². The molecule has 1 aromatic carbocycles. The summed E-state index contributed by atoms with van der Waals surface area (Å²) in [5.41, 5.74) is 1.97. The Hall–Kier alpha value is -0.880. The molecule has 0 aliphatic heterocycles. The van der Waals surface area contributed by atoms with Crippen LogP contribution in [-0.2, 0) is 28.9 Å². The van der Waals surface area contributed by atoms with Crippen molar-refractivity contribution in [1.29, 1.82) is 0 Å².